The molecule has 0 aliphatic heterocycles. The lowest BCUT2D eigenvalue weighted by atomic mass is 10.1. The van der Waals surface area contributed by atoms with Gasteiger partial charge in [-0.3, -0.25) is 19.4 Å². The highest BCUT2D eigenvalue weighted by atomic mass is 35.5. The van der Waals surface area contributed by atoms with Gasteiger partial charge in [0.15, 0.2) is 0 Å². The van der Waals surface area contributed by atoms with E-state index in [-0.39, 0.29) is 15.6 Å². The van der Waals surface area contributed by atoms with Gasteiger partial charge in [0.05, 0.1) is 46.0 Å². The van der Waals surface area contributed by atoms with E-state index in [9.17, 15) is 12.8 Å². The minimum absolute atomic E-state index is 0.214. The van der Waals surface area contributed by atoms with E-state index in [0.29, 0.717) is 22.3 Å². The van der Waals surface area contributed by atoms with Crippen molar-refractivity contribution in [2.45, 2.75) is 4.90 Å². The highest BCUT2D eigenvalue weighted by Crippen LogP contribution is 2.28. The van der Waals surface area contributed by atoms with Crippen LogP contribution >= 0.6 is 11.6 Å². The van der Waals surface area contributed by atoms with Crippen LogP contribution in [0, 0.1) is 5.82 Å². The molecule has 3 aromatic heterocycles. The number of rotatable bonds is 5. The number of aryl methyl sites for hydroxylation is 1. The fourth-order valence-electron chi connectivity index (χ4n) is 3.44. The van der Waals surface area contributed by atoms with Gasteiger partial charge < -0.3 is 0 Å². The lowest BCUT2D eigenvalue weighted by Crippen LogP contribution is -2.13. The molecule has 3 heterocycles. The third-order valence-corrected chi connectivity index (χ3v) is 6.91. The highest BCUT2D eigenvalue weighted by molar-refractivity contribution is 7.92. The van der Waals surface area contributed by atoms with E-state index in [4.69, 9.17) is 16.6 Å². The van der Waals surface area contributed by atoms with Crippen LogP contribution in [0.2, 0.25) is 5.02 Å². The molecule has 0 saturated heterocycles. The lowest BCUT2D eigenvalue weighted by molar-refractivity contribution is 0.599. The van der Waals surface area contributed by atoms with Gasteiger partial charge in [0.2, 0.25) is 0 Å². The SMILES string of the molecule is Cn1cc(-c2cnc3ccc(-c4cncc(NS(=O)(=O)c5ccc(F)cc5Cl)c4)cc3n2)cn1. The van der Waals surface area contributed by atoms with Crippen molar-refractivity contribution in [1.82, 2.24) is 24.7 Å². The summed E-state index contributed by atoms with van der Waals surface area (Å²) in [6, 6.07) is 10.3. The molecule has 8 nitrogen and oxygen atoms in total. The summed E-state index contributed by atoms with van der Waals surface area (Å²) in [4.78, 5) is 13.1. The lowest BCUT2D eigenvalue weighted by Gasteiger charge is -2.11. The molecular weight excluding hydrogens is 479 g/mol. The standard InChI is InChI=1S/C23H16ClFN6O2S/c1-31-13-16(10-28-31)22-12-27-20-4-2-14(7-21(20)29-22)15-6-18(11-26-9-15)30-34(32,33)23-5-3-17(25)8-19(23)24/h2-13,30H,1H3. The van der Waals surface area contributed by atoms with Crippen LogP contribution in [-0.2, 0) is 17.1 Å². The molecule has 0 atom stereocenters. The number of halogens is 2. The molecule has 11 heteroatoms. The molecule has 0 amide bonds. The number of nitrogens with one attached hydrogen (secondary N) is 1. The van der Waals surface area contributed by atoms with Gasteiger partial charge in [-0.15, -0.1) is 0 Å². The van der Waals surface area contributed by atoms with Crippen LogP contribution in [0.15, 0.2) is 78.3 Å². The van der Waals surface area contributed by atoms with Crippen molar-refractivity contribution in [3.63, 3.8) is 0 Å². The van der Waals surface area contributed by atoms with Crippen molar-refractivity contribution < 1.29 is 12.8 Å². The van der Waals surface area contributed by atoms with Crippen molar-refractivity contribution in [3.05, 3.63) is 84.3 Å². The van der Waals surface area contributed by atoms with E-state index in [1.165, 1.54) is 6.20 Å². The number of nitrogens with zero attached hydrogens (tertiary/aromatic N) is 5. The minimum Gasteiger partial charge on any atom is -0.278 e. The van der Waals surface area contributed by atoms with Crippen LogP contribution in [0.4, 0.5) is 10.1 Å². The largest absolute Gasteiger partial charge is 0.278 e. The third kappa shape index (κ3) is 4.33. The van der Waals surface area contributed by atoms with Gasteiger partial charge >= 0.3 is 0 Å². The number of hydrogen-bond donors (Lipinski definition) is 1. The van der Waals surface area contributed by atoms with Gasteiger partial charge in [0.25, 0.3) is 10.0 Å². The summed E-state index contributed by atoms with van der Waals surface area (Å²) in [7, 11) is -2.22. The molecule has 0 radical (unpaired) electrons. The Morgan fingerprint density at radius 1 is 0.941 bits per heavy atom. The van der Waals surface area contributed by atoms with Crippen LogP contribution < -0.4 is 4.72 Å². The predicted octanol–water partition coefficient (Wildman–Crippen LogP) is 4.69. The molecule has 0 aliphatic rings. The monoisotopic (exact) mass is 494 g/mol. The molecular formula is C23H16ClFN6O2S. The smallest absolute Gasteiger partial charge is 0.263 e. The molecule has 2 aromatic carbocycles. The quantitative estimate of drug-likeness (QED) is 0.380. The van der Waals surface area contributed by atoms with Gasteiger partial charge in [-0.25, -0.2) is 17.8 Å². The third-order valence-electron chi connectivity index (χ3n) is 5.05. The maximum absolute atomic E-state index is 13.3. The number of fused-ring (bicyclic) bond motifs is 1. The second-order valence-electron chi connectivity index (χ2n) is 7.50. The van der Waals surface area contributed by atoms with E-state index in [0.717, 1.165) is 29.3 Å². The van der Waals surface area contributed by atoms with Gasteiger partial charge in [-0.2, -0.15) is 5.10 Å². The number of benzene rings is 2. The fraction of sp³-hybridized carbons (Fsp3) is 0.0435. The van der Waals surface area contributed by atoms with Gasteiger partial charge in [-0.1, -0.05) is 17.7 Å². The zero-order chi connectivity index (χ0) is 23.9. The van der Waals surface area contributed by atoms with E-state index in [1.54, 1.807) is 29.3 Å². The molecule has 34 heavy (non-hydrogen) atoms. The van der Waals surface area contributed by atoms with Crippen molar-refractivity contribution in [2.75, 3.05) is 4.72 Å². The fourth-order valence-corrected chi connectivity index (χ4v) is 5.01. The topological polar surface area (TPSA) is 103 Å². The van der Waals surface area contributed by atoms with Crippen molar-refractivity contribution in [1.29, 1.82) is 0 Å². The molecule has 0 bridgehead atoms. The van der Waals surface area contributed by atoms with Gasteiger partial charge in [-0.05, 0) is 42.0 Å². The van der Waals surface area contributed by atoms with Crippen LogP contribution in [0.3, 0.4) is 0 Å². The Morgan fingerprint density at radius 3 is 2.56 bits per heavy atom. The summed E-state index contributed by atoms with van der Waals surface area (Å²) in [5.74, 6) is -0.626. The Morgan fingerprint density at radius 2 is 1.79 bits per heavy atom. The maximum atomic E-state index is 13.3. The van der Waals surface area contributed by atoms with Crippen LogP contribution in [-0.4, -0.2) is 33.2 Å². The number of pyridine rings is 1. The highest BCUT2D eigenvalue weighted by Gasteiger charge is 2.19. The first-order valence-corrected chi connectivity index (χ1v) is 11.8. The van der Waals surface area contributed by atoms with Gasteiger partial charge in [0.1, 0.15) is 10.7 Å². The van der Waals surface area contributed by atoms with E-state index < -0.39 is 15.8 Å². The normalized spacial score (nSPS) is 11.6. The Kier molecular flexibility index (Phi) is 5.46. The first-order chi connectivity index (χ1) is 16.3. The first kappa shape index (κ1) is 21.9. The molecule has 0 saturated carbocycles. The van der Waals surface area contributed by atoms with E-state index >= 15 is 0 Å². The Hall–Kier alpha value is -3.89. The summed E-state index contributed by atoms with van der Waals surface area (Å²) in [6.45, 7) is 0. The molecule has 0 fully saturated rings. The first-order valence-electron chi connectivity index (χ1n) is 9.98. The van der Waals surface area contributed by atoms with E-state index in [1.807, 2.05) is 31.4 Å². The van der Waals surface area contributed by atoms with Crippen LogP contribution in [0.25, 0.3) is 33.4 Å². The molecule has 0 unspecified atom stereocenters. The van der Waals surface area contributed by atoms with Gasteiger partial charge in [0, 0.05) is 30.6 Å². The molecule has 5 rings (SSSR count). The van der Waals surface area contributed by atoms with Crippen LogP contribution in [0.5, 0.6) is 0 Å². The number of aromatic nitrogens is 5. The number of hydrogen-bond acceptors (Lipinski definition) is 6. The van der Waals surface area contributed by atoms with Crippen LogP contribution in [0.1, 0.15) is 0 Å². The summed E-state index contributed by atoms with van der Waals surface area (Å²) in [6.07, 6.45) is 8.25. The summed E-state index contributed by atoms with van der Waals surface area (Å²) >= 11 is 5.93. The molecule has 5 aromatic rings. The summed E-state index contributed by atoms with van der Waals surface area (Å²) in [5.41, 5.74) is 4.59. The van der Waals surface area contributed by atoms with E-state index in [2.05, 4.69) is 19.8 Å². The molecule has 0 spiro atoms. The molecule has 170 valence electrons. The number of sulfonamides is 1. The second-order valence-corrected chi connectivity index (χ2v) is 9.56. The average Bonchev–Trinajstić information content (AvgIpc) is 3.24. The second kappa shape index (κ2) is 8.47. The summed E-state index contributed by atoms with van der Waals surface area (Å²) < 4.78 is 43.0. The zero-order valence-corrected chi connectivity index (χ0v) is 19.2. The minimum atomic E-state index is -4.05. The Labute approximate surface area is 199 Å². The Bertz CT molecular complexity index is 1650. The molecule has 1 N–H and O–H groups in total. The van der Waals surface area contributed by atoms with Crippen molar-refractivity contribution in [2.24, 2.45) is 7.05 Å². The van der Waals surface area contributed by atoms with Crippen molar-refractivity contribution in [3.8, 4) is 22.4 Å². The predicted molar refractivity (Wildman–Crippen MR) is 127 cm³/mol. The average molecular weight is 495 g/mol. The Balaban J connectivity index is 1.48. The summed E-state index contributed by atoms with van der Waals surface area (Å²) in [5, 5.41) is 3.95. The van der Waals surface area contributed by atoms with Crippen molar-refractivity contribution >= 4 is 38.3 Å². The zero-order valence-electron chi connectivity index (χ0n) is 17.6. The maximum Gasteiger partial charge on any atom is 0.263 e. The molecule has 0 aliphatic carbocycles. The number of anilines is 1.